The summed E-state index contributed by atoms with van der Waals surface area (Å²) in [4.78, 5) is 0.756. The third-order valence-electron chi connectivity index (χ3n) is 1.59. The number of thiol groups is 1. The second kappa shape index (κ2) is 4.43. The Labute approximate surface area is 91.8 Å². The van der Waals surface area contributed by atoms with Gasteiger partial charge in [-0.15, -0.1) is 11.7 Å². The van der Waals surface area contributed by atoms with Gasteiger partial charge in [-0.3, -0.25) is 4.18 Å². The van der Waals surface area contributed by atoms with Gasteiger partial charge in [0.25, 0.3) is 10.1 Å². The van der Waals surface area contributed by atoms with Crippen molar-refractivity contribution < 1.29 is 12.6 Å². The van der Waals surface area contributed by atoms with Gasteiger partial charge in [0, 0.05) is 10.6 Å². The third-order valence-corrected chi connectivity index (χ3v) is 4.02. The van der Waals surface area contributed by atoms with Gasteiger partial charge >= 0.3 is 0 Å². The minimum atomic E-state index is -3.66. The van der Waals surface area contributed by atoms with Gasteiger partial charge in [-0.25, -0.2) is 0 Å². The molecule has 2 N–H and O–H groups in total. The Bertz CT molecular complexity index is 430. The average Bonchev–Trinajstić information content (AvgIpc) is 2.17. The van der Waals surface area contributed by atoms with Gasteiger partial charge in [-0.2, -0.15) is 8.42 Å². The molecule has 0 aliphatic rings. The molecule has 0 aliphatic heterocycles. The van der Waals surface area contributed by atoms with Crippen molar-refractivity contribution in [1.29, 1.82) is 0 Å². The fraction of sp³-hybridized carbons (Fsp3) is 0.143. The molecule has 0 saturated heterocycles. The summed E-state index contributed by atoms with van der Waals surface area (Å²) in [7, 11) is -1.40. The molecule has 0 aliphatic carbocycles. The van der Waals surface area contributed by atoms with Gasteiger partial charge in [0.15, 0.2) is 0 Å². The van der Waals surface area contributed by atoms with E-state index in [0.717, 1.165) is 17.9 Å². The topological polar surface area (TPSA) is 69.4 Å². The second-order valence-corrected chi connectivity index (χ2v) is 5.29. The molecule has 0 aromatic heterocycles. The fourth-order valence-corrected chi connectivity index (χ4v) is 2.35. The van der Waals surface area contributed by atoms with Crippen molar-refractivity contribution in [2.75, 3.05) is 12.8 Å². The first-order valence-electron chi connectivity index (χ1n) is 3.53. The Balaban J connectivity index is 3.22. The summed E-state index contributed by atoms with van der Waals surface area (Å²) in [6.07, 6.45) is 0. The standard InChI is InChI=1S/C7H9NO3S3/c1-11-14(9,10)5-2-3-7(13-12)6(8)4-5/h2-4,12H,8H2,1H3. The molecule has 0 fully saturated rings. The molecule has 0 radical (unpaired) electrons. The first-order valence-corrected chi connectivity index (χ1v) is 6.80. The van der Waals surface area contributed by atoms with Crippen molar-refractivity contribution in [2.45, 2.75) is 9.79 Å². The first-order chi connectivity index (χ1) is 6.51. The molecule has 4 nitrogen and oxygen atoms in total. The quantitative estimate of drug-likeness (QED) is 0.369. The lowest BCUT2D eigenvalue weighted by Gasteiger charge is -2.05. The molecule has 0 saturated carbocycles. The Hall–Kier alpha value is -0.370. The van der Waals surface area contributed by atoms with Crippen LogP contribution in [0, 0.1) is 0 Å². The number of nitrogens with two attached hydrogens (primary N) is 1. The number of benzene rings is 1. The van der Waals surface area contributed by atoms with E-state index < -0.39 is 10.1 Å². The number of nitrogen functional groups attached to an aromatic ring is 1. The summed E-state index contributed by atoms with van der Waals surface area (Å²) >= 11 is 3.97. The summed E-state index contributed by atoms with van der Waals surface area (Å²) in [6, 6.07) is 4.35. The van der Waals surface area contributed by atoms with Crippen LogP contribution in [0.3, 0.4) is 0 Å². The van der Waals surface area contributed by atoms with Gasteiger partial charge in [0.2, 0.25) is 0 Å². The zero-order chi connectivity index (χ0) is 10.8. The van der Waals surface area contributed by atoms with Crippen LogP contribution in [-0.2, 0) is 14.3 Å². The van der Waals surface area contributed by atoms with E-state index in [9.17, 15) is 8.42 Å². The molecular formula is C7H9NO3S3. The molecule has 1 aromatic carbocycles. The summed E-state index contributed by atoms with van der Waals surface area (Å²) < 4.78 is 26.8. The van der Waals surface area contributed by atoms with Crippen LogP contribution in [0.5, 0.6) is 0 Å². The van der Waals surface area contributed by atoms with E-state index in [4.69, 9.17) is 5.73 Å². The predicted octanol–water partition coefficient (Wildman–Crippen LogP) is 1.54. The SMILES string of the molecule is COS(=O)(=O)c1ccc(SS)c(N)c1. The molecule has 14 heavy (non-hydrogen) atoms. The Kier molecular flexibility index (Phi) is 3.71. The first kappa shape index (κ1) is 11.7. The highest BCUT2D eigenvalue weighted by Gasteiger charge is 2.13. The minimum absolute atomic E-state index is 0.0450. The predicted molar refractivity (Wildman–Crippen MR) is 59.9 cm³/mol. The lowest BCUT2D eigenvalue weighted by atomic mass is 10.3. The molecule has 0 bridgehead atoms. The van der Waals surface area contributed by atoms with E-state index in [1.165, 1.54) is 12.1 Å². The van der Waals surface area contributed by atoms with Crippen LogP contribution in [0.15, 0.2) is 28.0 Å². The van der Waals surface area contributed by atoms with Gasteiger partial charge in [0.05, 0.1) is 12.0 Å². The van der Waals surface area contributed by atoms with Gasteiger partial charge in [0.1, 0.15) is 0 Å². The monoisotopic (exact) mass is 251 g/mol. The molecular weight excluding hydrogens is 242 g/mol. The molecule has 1 aromatic rings. The van der Waals surface area contributed by atoms with Gasteiger partial charge in [-0.05, 0) is 18.2 Å². The van der Waals surface area contributed by atoms with Crippen molar-refractivity contribution in [1.82, 2.24) is 0 Å². The Morgan fingerprint density at radius 2 is 2.14 bits per heavy atom. The van der Waals surface area contributed by atoms with Crippen LogP contribution >= 0.6 is 22.5 Å². The smallest absolute Gasteiger partial charge is 0.296 e. The number of anilines is 1. The Morgan fingerprint density at radius 1 is 1.50 bits per heavy atom. The highest BCUT2D eigenvalue weighted by molar-refractivity contribution is 8.68. The zero-order valence-electron chi connectivity index (χ0n) is 7.30. The minimum Gasteiger partial charge on any atom is -0.398 e. The molecule has 0 unspecified atom stereocenters. The van der Waals surface area contributed by atoms with Crippen molar-refractivity contribution in [2.24, 2.45) is 0 Å². The highest BCUT2D eigenvalue weighted by Crippen LogP contribution is 2.29. The van der Waals surface area contributed by atoms with E-state index in [0.29, 0.717) is 10.6 Å². The number of rotatable bonds is 3. The maximum atomic E-state index is 11.2. The molecule has 78 valence electrons. The second-order valence-electron chi connectivity index (χ2n) is 2.41. The summed E-state index contributed by atoms with van der Waals surface area (Å²) in [6.45, 7) is 0. The molecule has 0 amide bonds. The van der Waals surface area contributed by atoms with Crippen LogP contribution in [0.25, 0.3) is 0 Å². The van der Waals surface area contributed by atoms with E-state index >= 15 is 0 Å². The molecule has 0 spiro atoms. The van der Waals surface area contributed by atoms with Gasteiger partial charge < -0.3 is 5.73 Å². The van der Waals surface area contributed by atoms with Crippen LogP contribution < -0.4 is 5.73 Å². The van der Waals surface area contributed by atoms with Gasteiger partial charge in [-0.1, -0.05) is 10.8 Å². The van der Waals surface area contributed by atoms with Crippen molar-refractivity contribution >= 4 is 38.3 Å². The normalized spacial score (nSPS) is 11.6. The van der Waals surface area contributed by atoms with Crippen LogP contribution in [0.4, 0.5) is 5.69 Å². The third kappa shape index (κ3) is 2.35. The van der Waals surface area contributed by atoms with E-state index in [1.54, 1.807) is 6.07 Å². The zero-order valence-corrected chi connectivity index (χ0v) is 9.83. The summed E-state index contributed by atoms with van der Waals surface area (Å²) in [5, 5.41) is 0. The molecule has 1 rings (SSSR count). The van der Waals surface area contributed by atoms with E-state index in [-0.39, 0.29) is 4.90 Å². The van der Waals surface area contributed by atoms with Crippen molar-refractivity contribution in [3.63, 3.8) is 0 Å². The van der Waals surface area contributed by atoms with Crippen molar-refractivity contribution in [3.8, 4) is 0 Å². The lowest BCUT2D eigenvalue weighted by Crippen LogP contribution is -2.03. The summed E-state index contributed by atoms with van der Waals surface area (Å²) in [5.41, 5.74) is 5.96. The van der Waals surface area contributed by atoms with Crippen LogP contribution in [-0.4, -0.2) is 15.5 Å². The number of hydrogen-bond donors (Lipinski definition) is 2. The average molecular weight is 251 g/mol. The number of hydrogen-bond acceptors (Lipinski definition) is 6. The largest absolute Gasteiger partial charge is 0.398 e. The van der Waals surface area contributed by atoms with Crippen molar-refractivity contribution in [3.05, 3.63) is 18.2 Å². The lowest BCUT2D eigenvalue weighted by molar-refractivity contribution is 0.398. The Morgan fingerprint density at radius 3 is 2.57 bits per heavy atom. The summed E-state index contributed by atoms with van der Waals surface area (Å²) in [5.74, 6) is 0. The van der Waals surface area contributed by atoms with Crippen LogP contribution in [0.2, 0.25) is 0 Å². The highest BCUT2D eigenvalue weighted by atomic mass is 33.1. The maximum Gasteiger partial charge on any atom is 0.296 e. The van der Waals surface area contributed by atoms with Crippen LogP contribution in [0.1, 0.15) is 0 Å². The van der Waals surface area contributed by atoms with E-state index in [1.807, 2.05) is 0 Å². The fourth-order valence-electron chi connectivity index (χ4n) is 0.861. The van der Waals surface area contributed by atoms with E-state index in [2.05, 4.69) is 15.8 Å². The molecule has 0 heterocycles. The molecule has 0 atom stereocenters. The maximum absolute atomic E-state index is 11.2. The molecule has 7 heteroatoms.